The first kappa shape index (κ1) is 25.9. The maximum atomic E-state index is 12.9. The van der Waals surface area contributed by atoms with Gasteiger partial charge in [0.1, 0.15) is 11.9 Å². The minimum Gasteiger partial charge on any atom is -0.493 e. The molecule has 0 bridgehead atoms. The Balaban J connectivity index is 2.34. The number of hydrogen-bond acceptors (Lipinski definition) is 9. The van der Waals surface area contributed by atoms with Gasteiger partial charge in [-0.25, -0.2) is 4.79 Å². The van der Waals surface area contributed by atoms with Crippen molar-refractivity contribution >= 4 is 11.9 Å². The van der Waals surface area contributed by atoms with Crippen LogP contribution in [-0.4, -0.2) is 39.8 Å². The topological polar surface area (TPSA) is 131 Å². The number of nitriles is 1. The molecule has 0 spiro atoms. The molecule has 0 heterocycles. The Hall–Kier alpha value is -4.39. The Morgan fingerprint density at radius 3 is 2.12 bits per heavy atom. The highest BCUT2D eigenvalue weighted by atomic mass is 16.5. The second-order valence-electron chi connectivity index (χ2n) is 6.85. The van der Waals surface area contributed by atoms with Gasteiger partial charge in [0, 0.05) is 11.6 Å². The molecule has 34 heavy (non-hydrogen) atoms. The van der Waals surface area contributed by atoms with Crippen LogP contribution in [0.5, 0.6) is 17.2 Å². The highest BCUT2D eigenvalue weighted by Gasteiger charge is 2.21. The fraction of sp³-hybridized carbons (Fsp3) is 0.292. The molecule has 0 saturated carbocycles. The number of nitrogens with zero attached hydrogens (tertiary/aromatic N) is 1. The second kappa shape index (κ2) is 12.6. The van der Waals surface area contributed by atoms with E-state index in [9.17, 15) is 14.9 Å². The molecule has 1 amide bonds. The van der Waals surface area contributed by atoms with E-state index < -0.39 is 11.9 Å². The summed E-state index contributed by atoms with van der Waals surface area (Å²) in [6, 6.07) is 13.9. The summed E-state index contributed by atoms with van der Waals surface area (Å²) in [5.41, 5.74) is 5.90. The van der Waals surface area contributed by atoms with Crippen LogP contribution in [0.2, 0.25) is 0 Å². The van der Waals surface area contributed by atoms with Gasteiger partial charge in [-0.3, -0.25) is 15.6 Å². The highest BCUT2D eigenvalue weighted by Crippen LogP contribution is 2.38. The third kappa shape index (κ3) is 6.32. The van der Waals surface area contributed by atoms with Crippen LogP contribution < -0.4 is 30.4 Å². The Kier molecular flexibility index (Phi) is 9.58. The molecule has 180 valence electrons. The van der Waals surface area contributed by atoms with Crippen molar-refractivity contribution in [1.29, 1.82) is 5.26 Å². The molecule has 3 N–H and O–H groups in total. The number of esters is 1. The Labute approximate surface area is 198 Å². The number of carbonyl (C=O) groups excluding carboxylic acids is 2. The van der Waals surface area contributed by atoms with E-state index in [4.69, 9.17) is 18.9 Å². The van der Waals surface area contributed by atoms with Gasteiger partial charge in [0.2, 0.25) is 5.75 Å². The molecule has 0 unspecified atom stereocenters. The second-order valence-corrected chi connectivity index (χ2v) is 6.85. The molecule has 0 aliphatic rings. The van der Waals surface area contributed by atoms with E-state index >= 15 is 0 Å². The number of rotatable bonds is 11. The smallest absolute Gasteiger partial charge is 0.352 e. The van der Waals surface area contributed by atoms with Crippen molar-refractivity contribution in [2.45, 2.75) is 19.9 Å². The maximum Gasteiger partial charge on any atom is 0.352 e. The van der Waals surface area contributed by atoms with Crippen LogP contribution in [0.15, 0.2) is 53.9 Å². The van der Waals surface area contributed by atoms with Crippen molar-refractivity contribution < 1.29 is 28.5 Å². The number of ether oxygens (including phenoxy) is 4. The third-order valence-corrected chi connectivity index (χ3v) is 4.73. The van der Waals surface area contributed by atoms with Crippen LogP contribution in [0, 0.1) is 11.3 Å². The number of nitrogens with one attached hydrogen (secondary N) is 3. The number of hydrazine groups is 1. The quantitative estimate of drug-likeness (QED) is 0.197. The lowest BCUT2D eigenvalue weighted by Gasteiger charge is -2.21. The summed E-state index contributed by atoms with van der Waals surface area (Å²) in [4.78, 5) is 25.2. The molecule has 0 aliphatic heterocycles. The molecule has 10 nitrogen and oxygen atoms in total. The average molecular weight is 469 g/mol. The largest absolute Gasteiger partial charge is 0.493 e. The van der Waals surface area contributed by atoms with E-state index in [0.717, 1.165) is 5.56 Å². The summed E-state index contributed by atoms with van der Waals surface area (Å²) in [6.07, 6.45) is 0. The van der Waals surface area contributed by atoms with Crippen LogP contribution >= 0.6 is 0 Å². The minimum atomic E-state index is -0.831. The van der Waals surface area contributed by atoms with E-state index in [2.05, 4.69) is 16.2 Å². The number of benzene rings is 2. The van der Waals surface area contributed by atoms with E-state index in [0.29, 0.717) is 17.2 Å². The van der Waals surface area contributed by atoms with Gasteiger partial charge in [0.15, 0.2) is 17.1 Å². The standard InChI is InChI=1S/C24H28N4O6/c1-6-34-24(30)18(14-25)22(26-15(2)16-10-8-7-9-11-16)27-28-23(29)17-12-19(31-3)21(33-5)20(13-17)32-4/h7-13,15,26-27H,6H2,1-5H3,(H,28,29)/b22-18-/t15-/m0/s1. The first-order chi connectivity index (χ1) is 16.4. The third-order valence-electron chi connectivity index (χ3n) is 4.73. The zero-order valence-electron chi connectivity index (χ0n) is 19.7. The first-order valence-corrected chi connectivity index (χ1v) is 10.4. The van der Waals surface area contributed by atoms with Crippen molar-refractivity contribution in [3.63, 3.8) is 0 Å². The molecule has 0 radical (unpaired) electrons. The predicted octanol–water partition coefficient (Wildman–Crippen LogP) is 2.60. The van der Waals surface area contributed by atoms with Crippen molar-refractivity contribution in [1.82, 2.24) is 16.2 Å². The van der Waals surface area contributed by atoms with Gasteiger partial charge >= 0.3 is 5.97 Å². The molecular weight excluding hydrogens is 440 g/mol. The Morgan fingerprint density at radius 2 is 1.62 bits per heavy atom. The van der Waals surface area contributed by atoms with Gasteiger partial charge in [-0.15, -0.1) is 0 Å². The number of carbonyl (C=O) groups is 2. The SMILES string of the molecule is CCOC(=O)/C(C#N)=C(\NNC(=O)c1cc(OC)c(OC)c(OC)c1)N[C@@H](C)c1ccccc1. The highest BCUT2D eigenvalue weighted by molar-refractivity contribution is 5.96. The lowest BCUT2D eigenvalue weighted by atomic mass is 10.1. The lowest BCUT2D eigenvalue weighted by molar-refractivity contribution is -0.138. The zero-order valence-corrected chi connectivity index (χ0v) is 19.7. The van der Waals surface area contributed by atoms with Crippen LogP contribution in [-0.2, 0) is 9.53 Å². The van der Waals surface area contributed by atoms with Crippen LogP contribution in [0.3, 0.4) is 0 Å². The first-order valence-electron chi connectivity index (χ1n) is 10.4. The van der Waals surface area contributed by atoms with Gasteiger partial charge in [-0.2, -0.15) is 5.26 Å². The molecular formula is C24H28N4O6. The average Bonchev–Trinajstić information content (AvgIpc) is 2.86. The molecule has 2 rings (SSSR count). The summed E-state index contributed by atoms with van der Waals surface area (Å²) >= 11 is 0. The van der Waals surface area contributed by atoms with Crippen molar-refractivity contribution in [3.8, 4) is 23.3 Å². The van der Waals surface area contributed by atoms with Gasteiger partial charge in [-0.05, 0) is 31.5 Å². The molecule has 0 aliphatic carbocycles. The summed E-state index contributed by atoms with van der Waals surface area (Å²) in [6.45, 7) is 3.56. The molecule has 10 heteroatoms. The van der Waals surface area contributed by atoms with E-state index in [1.807, 2.05) is 43.3 Å². The van der Waals surface area contributed by atoms with Crippen molar-refractivity contribution in [2.75, 3.05) is 27.9 Å². The summed E-state index contributed by atoms with van der Waals surface area (Å²) in [7, 11) is 4.33. The fourth-order valence-corrected chi connectivity index (χ4v) is 3.02. The Bertz CT molecular complexity index is 1050. The molecule has 0 fully saturated rings. The molecule has 1 atom stereocenters. The van der Waals surface area contributed by atoms with Crippen LogP contribution in [0.1, 0.15) is 35.8 Å². The van der Waals surface area contributed by atoms with Gasteiger partial charge in [0.05, 0.1) is 27.9 Å². The van der Waals surface area contributed by atoms with Crippen molar-refractivity contribution in [2.24, 2.45) is 0 Å². The molecule has 2 aromatic rings. The lowest BCUT2D eigenvalue weighted by Crippen LogP contribution is -2.43. The van der Waals surface area contributed by atoms with Gasteiger partial charge < -0.3 is 24.3 Å². The predicted molar refractivity (Wildman–Crippen MR) is 124 cm³/mol. The van der Waals surface area contributed by atoms with E-state index in [1.54, 1.807) is 6.92 Å². The normalized spacial score (nSPS) is 11.8. The fourth-order valence-electron chi connectivity index (χ4n) is 3.02. The molecule has 0 saturated heterocycles. The maximum absolute atomic E-state index is 12.9. The van der Waals surface area contributed by atoms with Crippen LogP contribution in [0.25, 0.3) is 0 Å². The van der Waals surface area contributed by atoms with Gasteiger partial charge in [-0.1, -0.05) is 30.3 Å². The molecule has 2 aromatic carbocycles. The minimum absolute atomic E-state index is 0.0157. The van der Waals surface area contributed by atoms with Gasteiger partial charge in [0.25, 0.3) is 5.91 Å². The number of hydrogen-bond donors (Lipinski definition) is 3. The van der Waals surface area contributed by atoms with E-state index in [-0.39, 0.29) is 29.6 Å². The summed E-state index contributed by atoms with van der Waals surface area (Å²) in [5.74, 6) is -0.499. The summed E-state index contributed by atoms with van der Waals surface area (Å²) in [5, 5.41) is 12.7. The monoisotopic (exact) mass is 468 g/mol. The summed E-state index contributed by atoms with van der Waals surface area (Å²) < 4.78 is 20.8. The zero-order chi connectivity index (χ0) is 25.1. The number of methoxy groups -OCH3 is 3. The van der Waals surface area contributed by atoms with Crippen molar-refractivity contribution in [3.05, 3.63) is 65.0 Å². The number of amides is 1. The molecule has 0 aromatic heterocycles. The Morgan fingerprint density at radius 1 is 1.00 bits per heavy atom. The van der Waals surface area contributed by atoms with Crippen LogP contribution in [0.4, 0.5) is 0 Å². The van der Waals surface area contributed by atoms with E-state index in [1.165, 1.54) is 33.5 Å².